The molecular weight excluding hydrogens is 202 g/mol. The van der Waals surface area contributed by atoms with Crippen LogP contribution in [0, 0.1) is 5.41 Å². The molecule has 0 fully saturated rings. The van der Waals surface area contributed by atoms with E-state index in [1.165, 1.54) is 0 Å². The van der Waals surface area contributed by atoms with Gasteiger partial charge in [0.05, 0.1) is 6.04 Å². The molecule has 0 rings (SSSR count). The number of nitrogens with zero attached hydrogens (tertiary/aromatic N) is 1. The minimum absolute atomic E-state index is 0.0530. The van der Waals surface area contributed by atoms with Crippen LogP contribution in [-0.4, -0.2) is 43.5 Å². The van der Waals surface area contributed by atoms with E-state index in [-0.39, 0.29) is 17.4 Å². The molecule has 96 valence electrons. The largest absolute Gasteiger partial charge is 0.358 e. The van der Waals surface area contributed by atoms with Crippen molar-refractivity contribution in [3.05, 3.63) is 0 Å². The van der Waals surface area contributed by atoms with Crippen LogP contribution < -0.4 is 11.1 Å². The molecule has 1 atom stereocenters. The van der Waals surface area contributed by atoms with E-state index in [4.69, 9.17) is 5.73 Å². The van der Waals surface area contributed by atoms with E-state index >= 15 is 0 Å². The Bertz CT molecular complexity index is 216. The van der Waals surface area contributed by atoms with Crippen molar-refractivity contribution in [3.8, 4) is 0 Å². The zero-order valence-corrected chi connectivity index (χ0v) is 11.3. The number of rotatable bonds is 7. The molecule has 4 nitrogen and oxygen atoms in total. The van der Waals surface area contributed by atoms with Crippen LogP contribution in [0.15, 0.2) is 0 Å². The van der Waals surface area contributed by atoms with Gasteiger partial charge in [0.2, 0.25) is 5.91 Å². The van der Waals surface area contributed by atoms with Crippen molar-refractivity contribution in [3.63, 3.8) is 0 Å². The van der Waals surface area contributed by atoms with Gasteiger partial charge in [-0.1, -0.05) is 20.8 Å². The van der Waals surface area contributed by atoms with Gasteiger partial charge >= 0.3 is 0 Å². The summed E-state index contributed by atoms with van der Waals surface area (Å²) in [5.41, 5.74) is 5.79. The van der Waals surface area contributed by atoms with E-state index in [2.05, 4.69) is 31.0 Å². The lowest BCUT2D eigenvalue weighted by atomic mass is 9.92. The van der Waals surface area contributed by atoms with Crippen LogP contribution in [0.25, 0.3) is 0 Å². The molecule has 1 amide bonds. The highest BCUT2D eigenvalue weighted by atomic mass is 16.2. The van der Waals surface area contributed by atoms with E-state index in [1.54, 1.807) is 7.05 Å². The Morgan fingerprint density at radius 3 is 2.44 bits per heavy atom. The zero-order chi connectivity index (χ0) is 12.8. The molecule has 0 aliphatic heterocycles. The van der Waals surface area contributed by atoms with Crippen LogP contribution in [0.2, 0.25) is 0 Å². The van der Waals surface area contributed by atoms with Crippen LogP contribution in [0.1, 0.15) is 34.1 Å². The second-order valence-electron chi connectivity index (χ2n) is 5.13. The van der Waals surface area contributed by atoms with Gasteiger partial charge in [0.1, 0.15) is 0 Å². The Kier molecular flexibility index (Phi) is 6.60. The first-order valence-electron chi connectivity index (χ1n) is 6.03. The number of carbonyl (C=O) groups excluding carboxylic acids is 1. The summed E-state index contributed by atoms with van der Waals surface area (Å²) < 4.78 is 0. The van der Waals surface area contributed by atoms with E-state index in [9.17, 15) is 4.79 Å². The minimum Gasteiger partial charge on any atom is -0.358 e. The number of hydrogen-bond acceptors (Lipinski definition) is 3. The standard InChI is InChI=1S/C12H27N3O/c1-6-7-15(9-12(3,4)8-13)10(2)11(16)14-5/h10H,6-9,13H2,1-5H3,(H,14,16). The molecule has 4 heteroatoms. The molecular formula is C12H27N3O. The summed E-state index contributed by atoms with van der Waals surface area (Å²) in [7, 11) is 1.68. The number of nitrogens with one attached hydrogen (secondary N) is 1. The summed E-state index contributed by atoms with van der Waals surface area (Å²) in [6.45, 7) is 10.7. The fourth-order valence-corrected chi connectivity index (χ4v) is 1.69. The highest BCUT2D eigenvalue weighted by molar-refractivity contribution is 5.80. The predicted molar refractivity (Wildman–Crippen MR) is 68.2 cm³/mol. The van der Waals surface area contributed by atoms with Gasteiger partial charge in [0, 0.05) is 13.6 Å². The van der Waals surface area contributed by atoms with Gasteiger partial charge in [-0.05, 0) is 31.8 Å². The monoisotopic (exact) mass is 229 g/mol. The van der Waals surface area contributed by atoms with Crippen molar-refractivity contribution < 1.29 is 4.79 Å². The van der Waals surface area contributed by atoms with Crippen molar-refractivity contribution in [2.45, 2.75) is 40.2 Å². The lowest BCUT2D eigenvalue weighted by molar-refractivity contribution is -0.125. The van der Waals surface area contributed by atoms with Crippen molar-refractivity contribution in [1.82, 2.24) is 10.2 Å². The summed E-state index contributed by atoms with van der Waals surface area (Å²) in [5.74, 6) is 0.0706. The topological polar surface area (TPSA) is 58.4 Å². The molecule has 0 aliphatic rings. The molecule has 0 radical (unpaired) electrons. The first kappa shape index (κ1) is 15.4. The van der Waals surface area contributed by atoms with Crippen molar-refractivity contribution in [2.24, 2.45) is 11.1 Å². The van der Waals surface area contributed by atoms with Crippen LogP contribution in [0.3, 0.4) is 0 Å². The molecule has 0 saturated heterocycles. The van der Waals surface area contributed by atoms with E-state index in [0.29, 0.717) is 6.54 Å². The maximum atomic E-state index is 11.6. The smallest absolute Gasteiger partial charge is 0.236 e. The molecule has 3 N–H and O–H groups in total. The summed E-state index contributed by atoms with van der Waals surface area (Å²) in [6, 6.07) is -0.0872. The highest BCUT2D eigenvalue weighted by Gasteiger charge is 2.26. The molecule has 0 spiro atoms. The quantitative estimate of drug-likeness (QED) is 0.679. The number of nitrogens with two attached hydrogens (primary N) is 1. The molecule has 0 aromatic heterocycles. The fraction of sp³-hybridized carbons (Fsp3) is 0.917. The third-order valence-corrected chi connectivity index (χ3v) is 2.87. The number of hydrogen-bond donors (Lipinski definition) is 2. The van der Waals surface area contributed by atoms with Gasteiger partial charge in [0.15, 0.2) is 0 Å². The Morgan fingerprint density at radius 2 is 2.06 bits per heavy atom. The first-order valence-corrected chi connectivity index (χ1v) is 6.03. The van der Waals surface area contributed by atoms with Gasteiger partial charge in [0.25, 0.3) is 0 Å². The Hall–Kier alpha value is -0.610. The second-order valence-corrected chi connectivity index (χ2v) is 5.13. The Labute approximate surface area is 99.6 Å². The van der Waals surface area contributed by atoms with Crippen LogP contribution >= 0.6 is 0 Å². The SMILES string of the molecule is CCCN(CC(C)(C)CN)C(C)C(=O)NC. The van der Waals surface area contributed by atoms with Gasteiger partial charge in [-0.3, -0.25) is 9.69 Å². The van der Waals surface area contributed by atoms with E-state index < -0.39 is 0 Å². The molecule has 0 bridgehead atoms. The minimum atomic E-state index is -0.0872. The van der Waals surface area contributed by atoms with Crippen molar-refractivity contribution in [2.75, 3.05) is 26.7 Å². The third-order valence-electron chi connectivity index (χ3n) is 2.87. The summed E-state index contributed by atoms with van der Waals surface area (Å²) >= 11 is 0. The molecule has 16 heavy (non-hydrogen) atoms. The first-order chi connectivity index (χ1) is 7.37. The van der Waals surface area contributed by atoms with Gasteiger partial charge in [-0.15, -0.1) is 0 Å². The molecule has 0 saturated carbocycles. The predicted octanol–water partition coefficient (Wildman–Crippen LogP) is 0.818. The molecule has 0 aromatic carbocycles. The van der Waals surface area contributed by atoms with Crippen molar-refractivity contribution in [1.29, 1.82) is 0 Å². The lowest BCUT2D eigenvalue weighted by Crippen LogP contribution is -2.49. The average molecular weight is 229 g/mol. The molecule has 1 unspecified atom stereocenters. The Morgan fingerprint density at radius 1 is 1.50 bits per heavy atom. The third kappa shape index (κ3) is 4.94. The second kappa shape index (κ2) is 6.86. The number of amides is 1. The van der Waals surface area contributed by atoms with E-state index in [1.807, 2.05) is 6.92 Å². The van der Waals surface area contributed by atoms with Crippen LogP contribution in [0.5, 0.6) is 0 Å². The summed E-state index contributed by atoms with van der Waals surface area (Å²) in [5, 5.41) is 2.70. The van der Waals surface area contributed by atoms with Gasteiger partial charge in [-0.25, -0.2) is 0 Å². The van der Waals surface area contributed by atoms with Crippen LogP contribution in [0.4, 0.5) is 0 Å². The number of likely N-dealkylation sites (N-methyl/N-ethyl adjacent to an activating group) is 1. The molecule has 0 aromatic rings. The normalized spacial score (nSPS) is 13.9. The fourth-order valence-electron chi connectivity index (χ4n) is 1.69. The Balaban J connectivity index is 4.54. The zero-order valence-electron chi connectivity index (χ0n) is 11.3. The average Bonchev–Trinajstić information content (AvgIpc) is 2.26. The van der Waals surface area contributed by atoms with Gasteiger partial charge < -0.3 is 11.1 Å². The maximum Gasteiger partial charge on any atom is 0.236 e. The summed E-state index contributed by atoms with van der Waals surface area (Å²) in [6.07, 6.45) is 1.04. The van der Waals surface area contributed by atoms with Crippen LogP contribution in [-0.2, 0) is 4.79 Å². The molecule has 0 heterocycles. The highest BCUT2D eigenvalue weighted by Crippen LogP contribution is 2.17. The lowest BCUT2D eigenvalue weighted by Gasteiger charge is -2.34. The molecule has 0 aliphatic carbocycles. The summed E-state index contributed by atoms with van der Waals surface area (Å²) in [4.78, 5) is 13.8. The van der Waals surface area contributed by atoms with E-state index in [0.717, 1.165) is 19.5 Å². The maximum absolute atomic E-state index is 11.6. The number of carbonyl (C=O) groups is 1. The van der Waals surface area contributed by atoms with Crippen molar-refractivity contribution >= 4 is 5.91 Å². The van der Waals surface area contributed by atoms with Gasteiger partial charge in [-0.2, -0.15) is 0 Å².